The summed E-state index contributed by atoms with van der Waals surface area (Å²) in [6, 6.07) is 1.78. The molecule has 1 amide bonds. The normalized spacial score (nSPS) is 18.4. The van der Waals surface area contributed by atoms with Crippen molar-refractivity contribution < 1.29 is 9.53 Å². The smallest absolute Gasteiger partial charge is 0.232 e. The van der Waals surface area contributed by atoms with Gasteiger partial charge in [-0.3, -0.25) is 9.69 Å². The SMILES string of the molecule is NC(=O)C(CN1CCOCC1)Sc1ccncn1. The van der Waals surface area contributed by atoms with Crippen LogP contribution in [0.4, 0.5) is 0 Å². The highest BCUT2D eigenvalue weighted by atomic mass is 32.2. The molecule has 1 aliphatic rings. The Balaban J connectivity index is 1.93. The molecule has 1 aromatic heterocycles. The topological polar surface area (TPSA) is 81.3 Å². The fraction of sp³-hybridized carbons (Fsp3) is 0.545. The van der Waals surface area contributed by atoms with Gasteiger partial charge in [-0.25, -0.2) is 9.97 Å². The standard InChI is InChI=1S/C11H16N4O2S/c12-11(16)9(7-15-3-5-17-6-4-15)18-10-1-2-13-8-14-10/h1-2,8-9H,3-7H2,(H2,12,16). The number of aromatic nitrogens is 2. The quantitative estimate of drug-likeness (QED) is 0.586. The summed E-state index contributed by atoms with van der Waals surface area (Å²) in [5.41, 5.74) is 5.44. The Morgan fingerprint density at radius 3 is 2.94 bits per heavy atom. The summed E-state index contributed by atoms with van der Waals surface area (Å²) in [5, 5.41) is 0.472. The van der Waals surface area contributed by atoms with E-state index in [2.05, 4.69) is 14.9 Å². The van der Waals surface area contributed by atoms with Crippen molar-refractivity contribution in [3.8, 4) is 0 Å². The maximum Gasteiger partial charge on any atom is 0.232 e. The third kappa shape index (κ3) is 3.94. The molecule has 1 aliphatic heterocycles. The average Bonchev–Trinajstić information content (AvgIpc) is 2.40. The summed E-state index contributed by atoms with van der Waals surface area (Å²) in [6.45, 7) is 3.74. The minimum Gasteiger partial charge on any atom is -0.379 e. The summed E-state index contributed by atoms with van der Waals surface area (Å²) in [4.78, 5) is 21.6. The number of nitrogens with zero attached hydrogens (tertiary/aromatic N) is 3. The van der Waals surface area contributed by atoms with Crippen molar-refractivity contribution >= 4 is 17.7 Å². The van der Waals surface area contributed by atoms with Gasteiger partial charge in [-0.15, -0.1) is 0 Å². The largest absolute Gasteiger partial charge is 0.379 e. The van der Waals surface area contributed by atoms with E-state index in [4.69, 9.17) is 10.5 Å². The Morgan fingerprint density at radius 1 is 1.56 bits per heavy atom. The molecule has 0 aromatic carbocycles. The van der Waals surface area contributed by atoms with Crippen LogP contribution in [0.2, 0.25) is 0 Å². The minimum absolute atomic E-state index is 0.294. The summed E-state index contributed by atoms with van der Waals surface area (Å²) >= 11 is 1.38. The van der Waals surface area contributed by atoms with Gasteiger partial charge >= 0.3 is 0 Å². The van der Waals surface area contributed by atoms with Crippen molar-refractivity contribution in [2.24, 2.45) is 5.73 Å². The molecule has 7 heteroatoms. The number of hydrogen-bond acceptors (Lipinski definition) is 6. The fourth-order valence-electron chi connectivity index (χ4n) is 1.70. The van der Waals surface area contributed by atoms with Gasteiger partial charge in [-0.1, -0.05) is 11.8 Å². The lowest BCUT2D eigenvalue weighted by Gasteiger charge is -2.28. The maximum atomic E-state index is 11.5. The highest BCUT2D eigenvalue weighted by molar-refractivity contribution is 8.00. The number of nitrogens with two attached hydrogens (primary N) is 1. The lowest BCUT2D eigenvalue weighted by molar-refractivity contribution is -0.118. The van der Waals surface area contributed by atoms with Crippen LogP contribution in [-0.2, 0) is 9.53 Å². The molecule has 0 aliphatic carbocycles. The van der Waals surface area contributed by atoms with Crippen LogP contribution in [0.15, 0.2) is 23.6 Å². The maximum absolute atomic E-state index is 11.5. The van der Waals surface area contributed by atoms with Crippen LogP contribution in [0.3, 0.4) is 0 Å². The summed E-state index contributed by atoms with van der Waals surface area (Å²) in [5.74, 6) is -0.315. The Bertz CT molecular complexity index is 384. The summed E-state index contributed by atoms with van der Waals surface area (Å²) in [6.07, 6.45) is 3.12. The molecule has 1 atom stereocenters. The van der Waals surface area contributed by atoms with E-state index < -0.39 is 0 Å². The molecule has 2 heterocycles. The molecule has 98 valence electrons. The number of rotatable bonds is 5. The van der Waals surface area contributed by atoms with E-state index in [0.717, 1.165) is 18.1 Å². The van der Waals surface area contributed by atoms with Gasteiger partial charge in [0.2, 0.25) is 5.91 Å². The molecule has 0 spiro atoms. The van der Waals surface area contributed by atoms with Crippen LogP contribution in [0.25, 0.3) is 0 Å². The monoisotopic (exact) mass is 268 g/mol. The van der Waals surface area contributed by atoms with Gasteiger partial charge < -0.3 is 10.5 Å². The van der Waals surface area contributed by atoms with Gasteiger partial charge in [0.25, 0.3) is 0 Å². The molecule has 2 rings (SSSR count). The number of thioether (sulfide) groups is 1. The highest BCUT2D eigenvalue weighted by Crippen LogP contribution is 2.21. The average molecular weight is 268 g/mol. The third-order valence-corrected chi connectivity index (χ3v) is 3.81. The Morgan fingerprint density at radius 2 is 2.33 bits per heavy atom. The number of carbonyl (C=O) groups is 1. The van der Waals surface area contributed by atoms with Crippen LogP contribution in [0, 0.1) is 0 Å². The van der Waals surface area contributed by atoms with Gasteiger partial charge in [0.15, 0.2) is 0 Å². The van der Waals surface area contributed by atoms with Crippen LogP contribution in [0.1, 0.15) is 0 Å². The van der Waals surface area contributed by atoms with Crippen molar-refractivity contribution in [2.75, 3.05) is 32.8 Å². The third-order valence-electron chi connectivity index (χ3n) is 2.66. The molecule has 0 radical (unpaired) electrons. The molecule has 0 bridgehead atoms. The zero-order valence-electron chi connectivity index (χ0n) is 9.99. The molecule has 1 saturated heterocycles. The fourth-order valence-corrected chi connectivity index (χ4v) is 2.64. The molecule has 1 aromatic rings. The zero-order chi connectivity index (χ0) is 12.8. The molecule has 6 nitrogen and oxygen atoms in total. The molecular formula is C11H16N4O2S. The lowest BCUT2D eigenvalue weighted by Crippen LogP contribution is -2.43. The number of hydrogen-bond donors (Lipinski definition) is 1. The predicted octanol–water partition coefficient (Wildman–Crippen LogP) is -0.245. The first-order chi connectivity index (χ1) is 8.75. The Kier molecular flexibility index (Phi) is 4.91. The second kappa shape index (κ2) is 6.67. The first kappa shape index (κ1) is 13.3. The van der Waals surface area contributed by atoms with Crippen LogP contribution in [-0.4, -0.2) is 58.9 Å². The summed E-state index contributed by atoms with van der Waals surface area (Å²) < 4.78 is 5.27. The summed E-state index contributed by atoms with van der Waals surface area (Å²) in [7, 11) is 0. The van der Waals surface area contributed by atoms with Gasteiger partial charge in [0.05, 0.1) is 13.2 Å². The van der Waals surface area contributed by atoms with Crippen LogP contribution in [0.5, 0.6) is 0 Å². The number of morpholine rings is 1. The van der Waals surface area contributed by atoms with Crippen molar-refractivity contribution in [3.05, 3.63) is 18.6 Å². The predicted molar refractivity (Wildman–Crippen MR) is 68.1 cm³/mol. The van der Waals surface area contributed by atoms with Crippen molar-refractivity contribution in [1.82, 2.24) is 14.9 Å². The second-order valence-corrected chi connectivity index (χ2v) is 5.19. The van der Waals surface area contributed by atoms with Gasteiger partial charge in [-0.05, 0) is 6.07 Å². The first-order valence-corrected chi connectivity index (χ1v) is 6.66. The number of ether oxygens (including phenoxy) is 1. The van der Waals surface area contributed by atoms with E-state index in [1.807, 2.05) is 0 Å². The van der Waals surface area contributed by atoms with Gasteiger partial charge in [0.1, 0.15) is 16.6 Å². The second-order valence-electron chi connectivity index (χ2n) is 3.97. The number of primary amides is 1. The molecule has 18 heavy (non-hydrogen) atoms. The Hall–Kier alpha value is -1.18. The van der Waals surface area contributed by atoms with Gasteiger partial charge in [-0.2, -0.15) is 0 Å². The van der Waals surface area contributed by atoms with Gasteiger partial charge in [0, 0.05) is 25.8 Å². The van der Waals surface area contributed by atoms with Crippen molar-refractivity contribution in [3.63, 3.8) is 0 Å². The van der Waals surface area contributed by atoms with E-state index in [-0.39, 0.29) is 11.2 Å². The molecule has 1 unspecified atom stereocenters. The molecule has 0 saturated carbocycles. The van der Waals surface area contributed by atoms with E-state index in [9.17, 15) is 4.79 Å². The number of amides is 1. The van der Waals surface area contributed by atoms with Crippen LogP contribution >= 0.6 is 11.8 Å². The highest BCUT2D eigenvalue weighted by Gasteiger charge is 2.22. The lowest BCUT2D eigenvalue weighted by atomic mass is 10.3. The van der Waals surface area contributed by atoms with Crippen molar-refractivity contribution in [1.29, 1.82) is 0 Å². The van der Waals surface area contributed by atoms with E-state index >= 15 is 0 Å². The first-order valence-electron chi connectivity index (χ1n) is 5.78. The molecule has 2 N–H and O–H groups in total. The van der Waals surface area contributed by atoms with Crippen molar-refractivity contribution in [2.45, 2.75) is 10.3 Å². The zero-order valence-corrected chi connectivity index (χ0v) is 10.8. The Labute approximate surface area is 110 Å². The number of carbonyl (C=O) groups excluding carboxylic acids is 1. The molecular weight excluding hydrogens is 252 g/mol. The van der Waals surface area contributed by atoms with E-state index in [1.54, 1.807) is 12.3 Å². The van der Waals surface area contributed by atoms with Crippen LogP contribution < -0.4 is 5.73 Å². The molecule has 1 fully saturated rings. The minimum atomic E-state index is -0.315. The van der Waals surface area contributed by atoms with E-state index in [0.29, 0.717) is 19.8 Å². The van der Waals surface area contributed by atoms with E-state index in [1.165, 1.54) is 18.1 Å².